The lowest BCUT2D eigenvalue weighted by Gasteiger charge is -2.26. The first-order chi connectivity index (χ1) is 9.39. The van der Waals surface area contributed by atoms with Crippen LogP contribution in [0.2, 0.25) is 0 Å². The van der Waals surface area contributed by atoms with Gasteiger partial charge in [0.05, 0.1) is 6.61 Å². The van der Waals surface area contributed by atoms with Crippen LogP contribution in [0.15, 0.2) is 18.2 Å². The van der Waals surface area contributed by atoms with Gasteiger partial charge in [0, 0.05) is 6.42 Å². The highest BCUT2D eigenvalue weighted by Gasteiger charge is 2.32. The van der Waals surface area contributed by atoms with Crippen molar-refractivity contribution in [3.05, 3.63) is 29.3 Å². The summed E-state index contributed by atoms with van der Waals surface area (Å²) < 4.78 is 5.74. The molecule has 0 heterocycles. The number of nitrogens with one attached hydrogen (secondary N) is 1. The minimum absolute atomic E-state index is 0.379. The molecular weight excluding hydrogens is 254 g/mol. The van der Waals surface area contributed by atoms with E-state index in [1.54, 1.807) is 6.92 Å². The standard InChI is InChI=1S/C16H25NO3/c1-5-9-17-16(4,15(18)19)8-10-20-14-11-12(2)6-7-13(14)3/h6-7,11,17H,5,8-10H2,1-4H3,(H,18,19). The Balaban J connectivity index is 2.60. The number of benzene rings is 1. The smallest absolute Gasteiger partial charge is 0.323 e. The Morgan fingerprint density at radius 2 is 2.10 bits per heavy atom. The van der Waals surface area contributed by atoms with Crippen molar-refractivity contribution in [2.24, 2.45) is 0 Å². The number of aryl methyl sites for hydroxylation is 2. The van der Waals surface area contributed by atoms with Crippen molar-refractivity contribution in [1.82, 2.24) is 5.32 Å². The predicted octanol–water partition coefficient (Wildman–Crippen LogP) is 2.92. The van der Waals surface area contributed by atoms with E-state index >= 15 is 0 Å². The lowest BCUT2D eigenvalue weighted by atomic mass is 9.98. The van der Waals surface area contributed by atoms with E-state index in [-0.39, 0.29) is 0 Å². The molecule has 0 aliphatic heterocycles. The van der Waals surface area contributed by atoms with E-state index in [0.29, 0.717) is 19.6 Å². The summed E-state index contributed by atoms with van der Waals surface area (Å²) in [6, 6.07) is 6.02. The molecule has 0 aromatic heterocycles. The maximum Gasteiger partial charge on any atom is 0.323 e. The molecule has 0 radical (unpaired) electrons. The normalized spacial score (nSPS) is 13.8. The van der Waals surface area contributed by atoms with Crippen LogP contribution in [0.1, 0.15) is 37.8 Å². The molecule has 1 aromatic carbocycles. The van der Waals surface area contributed by atoms with Gasteiger partial charge in [-0.25, -0.2) is 0 Å². The molecule has 0 saturated carbocycles. The van der Waals surface area contributed by atoms with Gasteiger partial charge in [-0.3, -0.25) is 4.79 Å². The first-order valence-electron chi connectivity index (χ1n) is 7.07. The highest BCUT2D eigenvalue weighted by Crippen LogP contribution is 2.20. The molecule has 0 saturated heterocycles. The lowest BCUT2D eigenvalue weighted by Crippen LogP contribution is -2.50. The summed E-state index contributed by atoms with van der Waals surface area (Å²) in [4.78, 5) is 11.4. The number of rotatable bonds is 8. The van der Waals surface area contributed by atoms with E-state index in [9.17, 15) is 9.90 Å². The van der Waals surface area contributed by atoms with Gasteiger partial charge in [0.2, 0.25) is 0 Å². The Morgan fingerprint density at radius 3 is 2.70 bits per heavy atom. The zero-order valence-electron chi connectivity index (χ0n) is 12.8. The number of carboxylic acids is 1. The van der Waals surface area contributed by atoms with Crippen LogP contribution < -0.4 is 10.1 Å². The van der Waals surface area contributed by atoms with Gasteiger partial charge in [-0.05, 0) is 50.9 Å². The molecule has 0 aliphatic carbocycles. The second-order valence-corrected chi connectivity index (χ2v) is 5.43. The molecule has 4 nitrogen and oxygen atoms in total. The highest BCUT2D eigenvalue weighted by atomic mass is 16.5. The fraction of sp³-hybridized carbons (Fsp3) is 0.562. The largest absolute Gasteiger partial charge is 0.493 e. The van der Waals surface area contributed by atoms with Crippen LogP contribution in [0.4, 0.5) is 0 Å². The number of carboxylic acid groups (broad SMARTS) is 1. The van der Waals surface area contributed by atoms with Gasteiger partial charge in [0.1, 0.15) is 11.3 Å². The van der Waals surface area contributed by atoms with Gasteiger partial charge in [0.25, 0.3) is 0 Å². The molecule has 1 rings (SSSR count). The summed E-state index contributed by atoms with van der Waals surface area (Å²) in [5, 5.41) is 12.4. The van der Waals surface area contributed by atoms with E-state index in [2.05, 4.69) is 5.32 Å². The fourth-order valence-corrected chi connectivity index (χ4v) is 1.90. The number of hydrogen-bond donors (Lipinski definition) is 2. The summed E-state index contributed by atoms with van der Waals surface area (Å²) >= 11 is 0. The lowest BCUT2D eigenvalue weighted by molar-refractivity contribution is -0.144. The fourth-order valence-electron chi connectivity index (χ4n) is 1.90. The molecule has 0 spiro atoms. The topological polar surface area (TPSA) is 58.6 Å². The molecule has 20 heavy (non-hydrogen) atoms. The Morgan fingerprint density at radius 1 is 1.40 bits per heavy atom. The van der Waals surface area contributed by atoms with E-state index in [1.165, 1.54) is 0 Å². The van der Waals surface area contributed by atoms with Crippen LogP contribution in [-0.4, -0.2) is 29.8 Å². The van der Waals surface area contributed by atoms with Crippen LogP contribution in [0, 0.1) is 13.8 Å². The van der Waals surface area contributed by atoms with Gasteiger partial charge in [0.15, 0.2) is 0 Å². The second kappa shape index (κ2) is 7.29. The summed E-state index contributed by atoms with van der Waals surface area (Å²) in [6.07, 6.45) is 1.33. The van der Waals surface area contributed by atoms with Crippen LogP contribution >= 0.6 is 0 Å². The van der Waals surface area contributed by atoms with Crippen molar-refractivity contribution < 1.29 is 14.6 Å². The SMILES string of the molecule is CCCNC(C)(CCOc1cc(C)ccc1C)C(=O)O. The molecule has 2 N–H and O–H groups in total. The predicted molar refractivity (Wildman–Crippen MR) is 80.4 cm³/mol. The van der Waals surface area contributed by atoms with Gasteiger partial charge in [-0.1, -0.05) is 19.1 Å². The molecule has 1 atom stereocenters. The Kier molecular flexibility index (Phi) is 6.02. The quantitative estimate of drug-likeness (QED) is 0.768. The monoisotopic (exact) mass is 279 g/mol. The minimum atomic E-state index is -0.937. The molecule has 0 aliphatic rings. The van der Waals surface area contributed by atoms with E-state index < -0.39 is 11.5 Å². The van der Waals surface area contributed by atoms with E-state index in [1.807, 2.05) is 39.0 Å². The maximum atomic E-state index is 11.4. The molecular formula is C16H25NO3. The molecule has 112 valence electrons. The second-order valence-electron chi connectivity index (χ2n) is 5.43. The summed E-state index contributed by atoms with van der Waals surface area (Å²) in [6.45, 7) is 8.78. The van der Waals surface area contributed by atoms with Crippen molar-refractivity contribution in [2.45, 2.75) is 46.1 Å². The van der Waals surface area contributed by atoms with E-state index in [0.717, 1.165) is 23.3 Å². The number of carbonyl (C=O) groups is 1. The first kappa shape index (κ1) is 16.5. The number of ether oxygens (including phenoxy) is 1. The zero-order valence-corrected chi connectivity index (χ0v) is 12.8. The molecule has 1 unspecified atom stereocenters. The average Bonchev–Trinajstić information content (AvgIpc) is 2.40. The summed E-state index contributed by atoms with van der Waals surface area (Å²) in [5.41, 5.74) is 1.26. The Labute approximate surface area is 121 Å². The Bertz CT molecular complexity index is 459. The molecule has 0 bridgehead atoms. The highest BCUT2D eigenvalue weighted by molar-refractivity contribution is 5.78. The van der Waals surface area contributed by atoms with Crippen LogP contribution in [0.3, 0.4) is 0 Å². The van der Waals surface area contributed by atoms with Crippen molar-refractivity contribution in [3.63, 3.8) is 0 Å². The first-order valence-corrected chi connectivity index (χ1v) is 7.07. The minimum Gasteiger partial charge on any atom is -0.493 e. The molecule has 0 amide bonds. The zero-order chi connectivity index (χ0) is 15.2. The van der Waals surface area contributed by atoms with Crippen molar-refractivity contribution in [3.8, 4) is 5.75 Å². The van der Waals surface area contributed by atoms with Crippen molar-refractivity contribution in [1.29, 1.82) is 0 Å². The third kappa shape index (κ3) is 4.53. The number of hydrogen-bond acceptors (Lipinski definition) is 3. The van der Waals surface area contributed by atoms with Crippen molar-refractivity contribution >= 4 is 5.97 Å². The van der Waals surface area contributed by atoms with Gasteiger partial charge < -0.3 is 15.2 Å². The third-order valence-electron chi connectivity index (χ3n) is 3.44. The summed E-state index contributed by atoms with van der Waals surface area (Å²) in [7, 11) is 0. The average molecular weight is 279 g/mol. The van der Waals surface area contributed by atoms with Crippen LogP contribution in [0.25, 0.3) is 0 Å². The molecule has 4 heteroatoms. The maximum absolute atomic E-state index is 11.4. The number of aliphatic carboxylic acids is 1. The summed E-state index contributed by atoms with van der Waals surface area (Å²) in [5.74, 6) is -0.0104. The van der Waals surface area contributed by atoms with Gasteiger partial charge in [-0.2, -0.15) is 0 Å². The van der Waals surface area contributed by atoms with Crippen LogP contribution in [0.5, 0.6) is 5.75 Å². The van der Waals surface area contributed by atoms with Gasteiger partial charge in [-0.15, -0.1) is 0 Å². The third-order valence-corrected chi connectivity index (χ3v) is 3.44. The molecule has 1 aromatic rings. The molecule has 0 fully saturated rings. The Hall–Kier alpha value is -1.55. The van der Waals surface area contributed by atoms with E-state index in [4.69, 9.17) is 4.74 Å². The van der Waals surface area contributed by atoms with Gasteiger partial charge >= 0.3 is 5.97 Å². The van der Waals surface area contributed by atoms with Crippen molar-refractivity contribution in [2.75, 3.05) is 13.2 Å². The van der Waals surface area contributed by atoms with Crippen LogP contribution in [-0.2, 0) is 4.79 Å².